The van der Waals surface area contributed by atoms with Crippen molar-refractivity contribution in [2.75, 3.05) is 11.1 Å². The SMILES string of the molecule is Cc1ccc(NC(=O)c2cc(C(F)(F)F)ccc2F)cc1/C=C/c1cnc(N)cn1. The molecule has 0 atom stereocenters. The van der Waals surface area contributed by atoms with E-state index in [9.17, 15) is 22.4 Å². The molecule has 0 radical (unpaired) electrons. The van der Waals surface area contributed by atoms with Gasteiger partial charge in [-0.3, -0.25) is 9.78 Å². The average molecular weight is 416 g/mol. The quantitative estimate of drug-likeness (QED) is 0.590. The number of amides is 1. The molecule has 9 heteroatoms. The Kier molecular flexibility index (Phi) is 5.81. The van der Waals surface area contributed by atoms with Crippen molar-refractivity contribution in [3.05, 3.63) is 82.6 Å². The molecule has 3 aromatic rings. The van der Waals surface area contributed by atoms with Crippen LogP contribution in [0.2, 0.25) is 0 Å². The Morgan fingerprint density at radius 1 is 1.07 bits per heavy atom. The van der Waals surface area contributed by atoms with Gasteiger partial charge in [0.25, 0.3) is 5.91 Å². The number of aryl methyl sites for hydroxylation is 1. The lowest BCUT2D eigenvalue weighted by Crippen LogP contribution is -2.16. The van der Waals surface area contributed by atoms with Gasteiger partial charge >= 0.3 is 6.18 Å². The number of benzene rings is 2. The Bertz CT molecular complexity index is 1110. The van der Waals surface area contributed by atoms with Crippen molar-refractivity contribution >= 4 is 29.6 Å². The first-order valence-electron chi connectivity index (χ1n) is 8.68. The maximum atomic E-state index is 13.9. The number of halogens is 4. The summed E-state index contributed by atoms with van der Waals surface area (Å²) in [6.45, 7) is 1.84. The number of nitrogens with zero attached hydrogens (tertiary/aromatic N) is 2. The van der Waals surface area contributed by atoms with Crippen molar-refractivity contribution in [2.45, 2.75) is 13.1 Å². The summed E-state index contributed by atoms with van der Waals surface area (Å²) >= 11 is 0. The van der Waals surface area contributed by atoms with Crippen molar-refractivity contribution in [1.82, 2.24) is 9.97 Å². The number of hydrogen-bond donors (Lipinski definition) is 2. The van der Waals surface area contributed by atoms with E-state index < -0.39 is 29.0 Å². The summed E-state index contributed by atoms with van der Waals surface area (Å²) in [5, 5.41) is 2.43. The van der Waals surface area contributed by atoms with Crippen LogP contribution in [0.5, 0.6) is 0 Å². The number of nitrogen functional groups attached to an aromatic ring is 1. The molecule has 0 unspecified atom stereocenters. The second-order valence-electron chi connectivity index (χ2n) is 6.42. The molecular formula is C21H16F4N4O. The molecule has 0 aliphatic carbocycles. The summed E-state index contributed by atoms with van der Waals surface area (Å²) in [5.41, 5.74) is 6.14. The molecule has 0 saturated carbocycles. The van der Waals surface area contributed by atoms with E-state index in [1.807, 2.05) is 6.92 Å². The average Bonchev–Trinajstić information content (AvgIpc) is 2.69. The van der Waals surface area contributed by atoms with Gasteiger partial charge in [-0.25, -0.2) is 9.37 Å². The molecule has 0 spiro atoms. The fraction of sp³-hybridized carbons (Fsp3) is 0.0952. The lowest BCUT2D eigenvalue weighted by molar-refractivity contribution is -0.137. The van der Waals surface area contributed by atoms with E-state index in [0.717, 1.165) is 11.1 Å². The van der Waals surface area contributed by atoms with E-state index in [1.54, 1.807) is 30.4 Å². The van der Waals surface area contributed by atoms with Crippen LogP contribution in [0.3, 0.4) is 0 Å². The first-order valence-corrected chi connectivity index (χ1v) is 8.68. The predicted octanol–water partition coefficient (Wildman–Crippen LogP) is 4.95. The zero-order valence-electron chi connectivity index (χ0n) is 15.7. The van der Waals surface area contributed by atoms with Gasteiger partial charge in [-0.05, 0) is 54.5 Å². The van der Waals surface area contributed by atoms with Crippen molar-refractivity contribution in [3.8, 4) is 0 Å². The van der Waals surface area contributed by atoms with Crippen molar-refractivity contribution in [1.29, 1.82) is 0 Å². The highest BCUT2D eigenvalue weighted by Gasteiger charge is 2.32. The number of alkyl halides is 3. The second kappa shape index (κ2) is 8.32. The standard InChI is InChI=1S/C21H16F4N4O/c1-12-2-5-15(8-13(12)3-6-16-10-28-19(26)11-27-16)29-20(30)17-9-14(21(23,24)25)4-7-18(17)22/h2-11H,1H3,(H2,26,28)(H,29,30)/b6-3+. The van der Waals surface area contributed by atoms with Gasteiger partial charge in [-0.1, -0.05) is 12.1 Å². The summed E-state index contributed by atoms with van der Waals surface area (Å²) in [7, 11) is 0. The van der Waals surface area contributed by atoms with Crippen LogP contribution in [0.25, 0.3) is 12.2 Å². The van der Waals surface area contributed by atoms with Crippen LogP contribution in [0.4, 0.5) is 29.1 Å². The maximum absolute atomic E-state index is 13.9. The molecule has 154 valence electrons. The van der Waals surface area contributed by atoms with E-state index in [2.05, 4.69) is 15.3 Å². The van der Waals surface area contributed by atoms with Crippen LogP contribution in [0.1, 0.15) is 32.7 Å². The highest BCUT2D eigenvalue weighted by molar-refractivity contribution is 6.04. The molecule has 0 saturated heterocycles. The first kappa shape index (κ1) is 21.0. The van der Waals surface area contributed by atoms with E-state index >= 15 is 0 Å². The van der Waals surface area contributed by atoms with E-state index in [-0.39, 0.29) is 5.82 Å². The molecular weight excluding hydrogens is 400 g/mol. The Balaban J connectivity index is 1.83. The Morgan fingerprint density at radius 2 is 1.83 bits per heavy atom. The lowest BCUT2D eigenvalue weighted by atomic mass is 10.1. The molecule has 2 aromatic carbocycles. The minimum absolute atomic E-state index is 0.287. The predicted molar refractivity (Wildman–Crippen MR) is 106 cm³/mol. The summed E-state index contributed by atoms with van der Waals surface area (Å²) in [4.78, 5) is 20.4. The fourth-order valence-corrected chi connectivity index (χ4v) is 2.58. The van der Waals surface area contributed by atoms with E-state index in [0.29, 0.717) is 29.6 Å². The minimum Gasteiger partial charge on any atom is -0.382 e. The minimum atomic E-state index is -4.68. The third kappa shape index (κ3) is 4.99. The molecule has 1 heterocycles. The largest absolute Gasteiger partial charge is 0.416 e. The first-order chi connectivity index (χ1) is 14.1. The monoisotopic (exact) mass is 416 g/mol. The zero-order valence-corrected chi connectivity index (χ0v) is 15.7. The van der Waals surface area contributed by atoms with Crippen molar-refractivity contribution in [2.24, 2.45) is 0 Å². The van der Waals surface area contributed by atoms with Gasteiger partial charge in [0, 0.05) is 5.69 Å². The number of carbonyl (C=O) groups excluding carboxylic acids is 1. The summed E-state index contributed by atoms with van der Waals surface area (Å²) < 4.78 is 52.5. The molecule has 0 fully saturated rings. The molecule has 0 bridgehead atoms. The molecule has 0 aliphatic heterocycles. The Morgan fingerprint density at radius 3 is 2.50 bits per heavy atom. The number of nitrogens with two attached hydrogens (primary N) is 1. The van der Waals surface area contributed by atoms with Gasteiger partial charge in [0.15, 0.2) is 0 Å². The molecule has 0 aliphatic rings. The number of hydrogen-bond acceptors (Lipinski definition) is 4. The Labute approximate surface area is 169 Å². The molecule has 5 nitrogen and oxygen atoms in total. The van der Waals surface area contributed by atoms with Crippen LogP contribution < -0.4 is 11.1 Å². The van der Waals surface area contributed by atoms with Crippen LogP contribution in [-0.4, -0.2) is 15.9 Å². The normalized spacial score (nSPS) is 11.6. The topological polar surface area (TPSA) is 80.9 Å². The molecule has 3 N–H and O–H groups in total. The number of aromatic nitrogens is 2. The van der Waals surface area contributed by atoms with Crippen LogP contribution in [-0.2, 0) is 6.18 Å². The van der Waals surface area contributed by atoms with Gasteiger partial charge in [0.2, 0.25) is 0 Å². The zero-order chi connectivity index (χ0) is 21.9. The van der Waals surface area contributed by atoms with Crippen molar-refractivity contribution < 1.29 is 22.4 Å². The number of anilines is 2. The molecule has 30 heavy (non-hydrogen) atoms. The summed E-state index contributed by atoms with van der Waals surface area (Å²) in [6, 6.07) is 6.58. The van der Waals surface area contributed by atoms with Crippen LogP contribution in [0, 0.1) is 12.7 Å². The maximum Gasteiger partial charge on any atom is 0.416 e. The van der Waals surface area contributed by atoms with Gasteiger partial charge in [0.05, 0.1) is 29.2 Å². The number of rotatable bonds is 4. The third-order valence-corrected chi connectivity index (χ3v) is 4.20. The van der Waals surface area contributed by atoms with E-state index in [1.165, 1.54) is 12.4 Å². The second-order valence-corrected chi connectivity index (χ2v) is 6.42. The van der Waals surface area contributed by atoms with Gasteiger partial charge in [-0.15, -0.1) is 0 Å². The number of nitrogens with one attached hydrogen (secondary N) is 1. The van der Waals surface area contributed by atoms with E-state index in [4.69, 9.17) is 5.73 Å². The van der Waals surface area contributed by atoms with Gasteiger partial charge in [0.1, 0.15) is 11.6 Å². The van der Waals surface area contributed by atoms with Crippen LogP contribution >= 0.6 is 0 Å². The summed E-state index contributed by atoms with van der Waals surface area (Å²) in [6.07, 6.45) is 1.63. The van der Waals surface area contributed by atoms with Crippen LogP contribution in [0.15, 0.2) is 48.8 Å². The molecule has 3 rings (SSSR count). The third-order valence-electron chi connectivity index (χ3n) is 4.20. The van der Waals surface area contributed by atoms with Gasteiger partial charge < -0.3 is 11.1 Å². The highest BCUT2D eigenvalue weighted by atomic mass is 19.4. The summed E-state index contributed by atoms with van der Waals surface area (Å²) in [5.74, 6) is -1.74. The van der Waals surface area contributed by atoms with Gasteiger partial charge in [-0.2, -0.15) is 13.2 Å². The molecule has 1 amide bonds. The van der Waals surface area contributed by atoms with Crippen molar-refractivity contribution in [3.63, 3.8) is 0 Å². The highest BCUT2D eigenvalue weighted by Crippen LogP contribution is 2.30. The smallest absolute Gasteiger partial charge is 0.382 e. The fourth-order valence-electron chi connectivity index (χ4n) is 2.58. The molecule has 1 aromatic heterocycles. The Hall–Kier alpha value is -3.75. The number of carbonyl (C=O) groups is 1. The lowest BCUT2D eigenvalue weighted by Gasteiger charge is -2.11.